The van der Waals surface area contributed by atoms with Crippen LogP contribution in [0.2, 0.25) is 13.6 Å². The lowest BCUT2D eigenvalue weighted by Gasteiger charge is -2.48. The molecule has 122 valence electrons. The Morgan fingerprint density at radius 2 is 1.91 bits per heavy atom. The largest absolute Gasteiger partial charge is 0.370 e. The summed E-state index contributed by atoms with van der Waals surface area (Å²) in [6.45, 7) is 17.5. The summed E-state index contributed by atoms with van der Waals surface area (Å²) in [6.07, 6.45) is 4.65. The van der Waals surface area contributed by atoms with Crippen molar-refractivity contribution in [3.8, 4) is 0 Å². The normalized spacial score (nSPS) is 23.0. The van der Waals surface area contributed by atoms with E-state index in [4.69, 9.17) is 0 Å². The van der Waals surface area contributed by atoms with E-state index >= 15 is 0 Å². The van der Waals surface area contributed by atoms with Gasteiger partial charge in [-0.3, -0.25) is 0 Å². The molecule has 1 aromatic heterocycles. The van der Waals surface area contributed by atoms with E-state index in [9.17, 15) is 0 Å². The van der Waals surface area contributed by atoms with Crippen LogP contribution >= 0.6 is 0 Å². The van der Waals surface area contributed by atoms with Gasteiger partial charge in [0, 0.05) is 0 Å². The summed E-state index contributed by atoms with van der Waals surface area (Å²) in [5.41, 5.74) is -0.0142. The molecule has 0 aliphatic carbocycles. The van der Waals surface area contributed by atoms with Crippen molar-refractivity contribution in [3.63, 3.8) is 0 Å². The molecule has 2 aliphatic rings. The second kappa shape index (κ2) is 6.67. The van der Waals surface area contributed by atoms with Gasteiger partial charge >= 0.3 is 6.98 Å². The molecule has 0 bridgehead atoms. The molecule has 0 saturated carbocycles. The average Bonchev–Trinajstić information content (AvgIpc) is 2.99. The second-order valence-corrected chi connectivity index (χ2v) is 6.98. The number of anilines is 1. The first kappa shape index (κ1) is 17.4. The van der Waals surface area contributed by atoms with Crippen LogP contribution in [-0.2, 0) is 5.54 Å². The van der Waals surface area contributed by atoms with Gasteiger partial charge < -0.3 is 14.8 Å². The molecule has 0 spiro atoms. The highest BCUT2D eigenvalue weighted by Gasteiger charge is 2.53. The topological polar surface area (TPSA) is 36.3 Å². The minimum absolute atomic E-state index is 0.0142. The zero-order valence-electron chi connectivity index (χ0n) is 15.3. The summed E-state index contributed by atoms with van der Waals surface area (Å²) in [6, 6.07) is 2.13. The van der Waals surface area contributed by atoms with Gasteiger partial charge in [-0.15, -0.1) is 0 Å². The Bertz CT molecular complexity index is 490. The Labute approximate surface area is 136 Å². The van der Waals surface area contributed by atoms with Crippen LogP contribution in [0.25, 0.3) is 0 Å². The monoisotopic (exact) mass is 303 g/mol. The summed E-state index contributed by atoms with van der Waals surface area (Å²) < 4.78 is 4.68. The van der Waals surface area contributed by atoms with Gasteiger partial charge in [0.15, 0.2) is 0 Å². The number of fused-ring (bicyclic) bond motifs is 3. The molecule has 0 radical (unpaired) electrons. The molecule has 3 rings (SSSR count). The quantitative estimate of drug-likeness (QED) is 0.852. The van der Waals surface area contributed by atoms with E-state index in [1.54, 1.807) is 0 Å². The van der Waals surface area contributed by atoms with E-state index in [-0.39, 0.29) is 5.54 Å². The number of nitrogens with one attached hydrogen (secondary N) is 1. The van der Waals surface area contributed by atoms with Gasteiger partial charge in [-0.1, -0.05) is 40.8 Å². The van der Waals surface area contributed by atoms with E-state index in [2.05, 4.69) is 78.9 Å². The van der Waals surface area contributed by atoms with Crippen molar-refractivity contribution in [3.05, 3.63) is 12.3 Å². The first-order valence-corrected chi connectivity index (χ1v) is 8.74. The number of aromatic nitrogens is 2. The molecule has 0 amide bonds. The molecule has 2 aliphatic heterocycles. The summed E-state index contributed by atoms with van der Waals surface area (Å²) in [4.78, 5) is 2.47. The molecule has 1 fully saturated rings. The predicted molar refractivity (Wildman–Crippen MR) is 97.1 cm³/mol. The fraction of sp³-hybridized carbons (Fsp3) is 0.800. The van der Waals surface area contributed by atoms with E-state index < -0.39 is 0 Å². The van der Waals surface area contributed by atoms with Gasteiger partial charge in [0.2, 0.25) is 0 Å². The lowest BCUT2D eigenvalue weighted by atomic mass is 9.57. The maximum absolute atomic E-state index is 4.52. The van der Waals surface area contributed by atoms with Crippen molar-refractivity contribution < 1.29 is 0 Å². The number of hydrogen-bond donors (Lipinski definition) is 1. The molecular formula is C15H31B2N5. The molecule has 3 heterocycles. The maximum Gasteiger partial charge on any atom is 0.331 e. The number of hydrogen-bond acceptors (Lipinski definition) is 4. The molecule has 0 aromatic carbocycles. The highest BCUT2D eigenvalue weighted by molar-refractivity contribution is 6.74. The third kappa shape index (κ3) is 2.69. The third-order valence-corrected chi connectivity index (χ3v) is 4.64. The molecular weight excluding hydrogens is 272 g/mol. The van der Waals surface area contributed by atoms with Crippen LogP contribution in [0, 0.1) is 0 Å². The van der Waals surface area contributed by atoms with Crippen molar-refractivity contribution in [2.24, 2.45) is 0 Å². The van der Waals surface area contributed by atoms with E-state index in [1.165, 1.54) is 18.7 Å². The van der Waals surface area contributed by atoms with Gasteiger partial charge in [0.1, 0.15) is 5.82 Å². The summed E-state index contributed by atoms with van der Waals surface area (Å²) in [7, 11) is 0. The Balaban J connectivity index is 0.000000545. The van der Waals surface area contributed by atoms with Crippen LogP contribution in [0.5, 0.6) is 0 Å². The summed E-state index contributed by atoms with van der Waals surface area (Å²) >= 11 is 0. The molecule has 22 heavy (non-hydrogen) atoms. The predicted octanol–water partition coefficient (Wildman–Crippen LogP) is 2.73. The van der Waals surface area contributed by atoms with Crippen LogP contribution in [0.4, 0.5) is 5.82 Å². The minimum Gasteiger partial charge on any atom is -0.370 e. The molecule has 1 N–H and O–H groups in total. The van der Waals surface area contributed by atoms with Crippen molar-refractivity contribution in [1.29, 1.82) is 0 Å². The molecule has 5 nitrogen and oxygen atoms in total. The van der Waals surface area contributed by atoms with Crippen LogP contribution in [0.1, 0.15) is 47.5 Å². The van der Waals surface area contributed by atoms with Gasteiger partial charge in [0.05, 0.1) is 17.9 Å². The van der Waals surface area contributed by atoms with E-state index in [1.807, 2.05) is 6.20 Å². The highest BCUT2D eigenvalue weighted by atomic mass is 15.5. The van der Waals surface area contributed by atoms with Crippen LogP contribution in [0.3, 0.4) is 0 Å². The highest BCUT2D eigenvalue weighted by Crippen LogP contribution is 2.39. The first-order chi connectivity index (χ1) is 10.4. The van der Waals surface area contributed by atoms with E-state index in [0.29, 0.717) is 20.1 Å². The Morgan fingerprint density at radius 3 is 2.50 bits per heavy atom. The van der Waals surface area contributed by atoms with Crippen molar-refractivity contribution in [2.45, 2.75) is 72.8 Å². The van der Waals surface area contributed by atoms with Crippen LogP contribution < -0.4 is 10.0 Å². The Morgan fingerprint density at radius 1 is 1.27 bits per heavy atom. The van der Waals surface area contributed by atoms with Crippen molar-refractivity contribution in [1.82, 2.24) is 19.7 Å². The zero-order valence-corrected chi connectivity index (χ0v) is 15.3. The summed E-state index contributed by atoms with van der Waals surface area (Å²) in [5.74, 6) is 1.23. The van der Waals surface area contributed by atoms with Crippen molar-refractivity contribution in [2.75, 3.05) is 11.4 Å². The van der Waals surface area contributed by atoms with Gasteiger partial charge in [-0.05, 0) is 32.9 Å². The van der Waals surface area contributed by atoms with Gasteiger partial charge in [0.25, 0.3) is 6.98 Å². The number of rotatable bonds is 2. The average molecular weight is 303 g/mol. The first-order valence-electron chi connectivity index (χ1n) is 8.74. The smallest absolute Gasteiger partial charge is 0.331 e. The zero-order chi connectivity index (χ0) is 16.5. The van der Waals surface area contributed by atoms with E-state index in [0.717, 1.165) is 6.54 Å². The lowest BCUT2D eigenvalue weighted by molar-refractivity contribution is 0.280. The Kier molecular flexibility index (Phi) is 5.28. The van der Waals surface area contributed by atoms with Crippen molar-refractivity contribution >= 4 is 19.8 Å². The fourth-order valence-electron chi connectivity index (χ4n) is 3.66. The maximum atomic E-state index is 4.52. The van der Waals surface area contributed by atoms with Crippen LogP contribution in [-0.4, -0.2) is 41.2 Å². The second-order valence-electron chi connectivity index (χ2n) is 6.98. The lowest BCUT2D eigenvalue weighted by Crippen LogP contribution is -2.74. The Hall–Kier alpha value is -0.940. The number of nitrogens with zero attached hydrogens (tertiary/aromatic N) is 4. The summed E-state index contributed by atoms with van der Waals surface area (Å²) in [5, 5.41) is 8.28. The standard InChI is InChI=1S/C12H23B2N5.C3H8/c1-6-9-17-13(4)16-11-12(2,3)19-10(7-8-15-19)18(11)14(17)5;1-3-2/h7-8,11,16H,6,9H2,1-5H3;3H2,1-2H3. The molecule has 1 saturated heterocycles. The molecule has 7 heteroatoms. The van der Waals surface area contributed by atoms with Gasteiger partial charge in [-0.2, -0.15) is 5.10 Å². The molecule has 1 unspecified atom stereocenters. The molecule has 1 aromatic rings. The SMILES string of the molecule is CCC.CCCN1B(C)NC2N(B1C)c1ccnn1C2(C)C. The minimum atomic E-state index is -0.0142. The fourth-order valence-corrected chi connectivity index (χ4v) is 3.66. The van der Waals surface area contributed by atoms with Crippen LogP contribution in [0.15, 0.2) is 12.3 Å². The van der Waals surface area contributed by atoms with Gasteiger partial charge in [-0.25, -0.2) is 4.68 Å². The third-order valence-electron chi connectivity index (χ3n) is 4.64. The molecule has 1 atom stereocenters.